The van der Waals surface area contributed by atoms with Crippen LogP contribution in [0.5, 0.6) is 5.75 Å². The molecule has 0 saturated carbocycles. The Labute approximate surface area is 158 Å². The van der Waals surface area contributed by atoms with Gasteiger partial charge < -0.3 is 14.8 Å². The Morgan fingerprint density at radius 1 is 0.926 bits per heavy atom. The van der Waals surface area contributed by atoms with Crippen LogP contribution in [0.3, 0.4) is 0 Å². The largest absolute Gasteiger partial charge is 0.482 e. The quantitative estimate of drug-likeness (QED) is 0.569. The number of aryl methyl sites for hydroxylation is 2. The number of amides is 1. The molecule has 0 heterocycles. The van der Waals surface area contributed by atoms with Crippen LogP contribution < -0.4 is 10.1 Å². The van der Waals surface area contributed by atoms with E-state index in [0.717, 1.165) is 11.1 Å². The monoisotopic (exact) mass is 369 g/mol. The second-order valence-corrected chi connectivity index (χ2v) is 6.18. The molecule has 2 aromatic carbocycles. The van der Waals surface area contributed by atoms with Crippen molar-refractivity contribution in [3.8, 4) is 5.75 Å². The number of anilines is 1. The smallest absolute Gasteiger partial charge is 0.344 e. The molecular weight excluding hydrogens is 346 g/mol. The van der Waals surface area contributed by atoms with Crippen molar-refractivity contribution in [3.63, 3.8) is 0 Å². The summed E-state index contributed by atoms with van der Waals surface area (Å²) in [5.74, 6) is -0.592. The number of hydrogen-bond donors (Lipinski definition) is 1. The second kappa shape index (κ2) is 9.52. The minimum Gasteiger partial charge on any atom is -0.482 e. The number of carbonyl (C=O) groups is 3. The molecule has 0 atom stereocenters. The van der Waals surface area contributed by atoms with E-state index in [-0.39, 0.29) is 19.0 Å². The van der Waals surface area contributed by atoms with Gasteiger partial charge in [0.2, 0.25) is 0 Å². The van der Waals surface area contributed by atoms with Gasteiger partial charge in [0, 0.05) is 17.7 Å². The first-order valence-corrected chi connectivity index (χ1v) is 8.67. The summed E-state index contributed by atoms with van der Waals surface area (Å²) in [4.78, 5) is 35.2. The number of benzene rings is 2. The van der Waals surface area contributed by atoms with E-state index >= 15 is 0 Å². The molecule has 0 spiro atoms. The number of nitrogens with one attached hydrogen (secondary N) is 1. The summed E-state index contributed by atoms with van der Waals surface area (Å²) in [7, 11) is 0. The van der Waals surface area contributed by atoms with Gasteiger partial charge in [-0.25, -0.2) is 4.79 Å². The van der Waals surface area contributed by atoms with Crippen LogP contribution in [0.1, 0.15) is 34.8 Å². The molecule has 0 radical (unpaired) electrons. The van der Waals surface area contributed by atoms with Gasteiger partial charge in [-0.3, -0.25) is 9.59 Å². The Morgan fingerprint density at radius 2 is 1.56 bits per heavy atom. The van der Waals surface area contributed by atoms with Gasteiger partial charge in [0.25, 0.3) is 5.91 Å². The minimum absolute atomic E-state index is 0.0378. The predicted octanol–water partition coefficient (Wildman–Crippen LogP) is 3.46. The lowest BCUT2D eigenvalue weighted by Crippen LogP contribution is -2.23. The Hall–Kier alpha value is -3.15. The van der Waals surface area contributed by atoms with Crippen LogP contribution in [-0.2, 0) is 14.3 Å². The summed E-state index contributed by atoms with van der Waals surface area (Å²) in [6.07, 6.45) is 0.427. The molecule has 0 aromatic heterocycles. The molecule has 0 saturated heterocycles. The fraction of sp³-hybridized carbons (Fsp3) is 0.286. The van der Waals surface area contributed by atoms with Crippen LogP contribution in [0.2, 0.25) is 0 Å². The van der Waals surface area contributed by atoms with Crippen LogP contribution in [-0.4, -0.2) is 30.9 Å². The highest BCUT2D eigenvalue weighted by molar-refractivity contribution is 5.96. The predicted molar refractivity (Wildman–Crippen MR) is 102 cm³/mol. The molecule has 142 valence electrons. The maximum atomic E-state index is 11.9. The van der Waals surface area contributed by atoms with Gasteiger partial charge in [-0.15, -0.1) is 0 Å². The first kappa shape index (κ1) is 20.2. The number of hydrogen-bond acceptors (Lipinski definition) is 5. The molecule has 0 aliphatic carbocycles. The first-order chi connectivity index (χ1) is 12.9. The Kier molecular flexibility index (Phi) is 7.11. The lowest BCUT2D eigenvalue weighted by Gasteiger charge is -2.09. The lowest BCUT2D eigenvalue weighted by molar-refractivity contribution is -0.149. The van der Waals surface area contributed by atoms with E-state index in [0.29, 0.717) is 23.4 Å². The molecule has 27 heavy (non-hydrogen) atoms. The van der Waals surface area contributed by atoms with Crippen LogP contribution in [0.25, 0.3) is 0 Å². The number of esters is 1. The summed E-state index contributed by atoms with van der Waals surface area (Å²) in [6.45, 7) is 4.95. The van der Waals surface area contributed by atoms with Crippen molar-refractivity contribution >= 4 is 23.3 Å². The highest BCUT2D eigenvalue weighted by atomic mass is 16.6. The SMILES string of the molecule is CCC(=O)c1ccc(OCC(=O)OCC(=O)Nc2cc(C)cc(C)c2)cc1. The van der Waals surface area contributed by atoms with Gasteiger partial charge in [0.15, 0.2) is 19.0 Å². The Bertz CT molecular complexity index is 807. The zero-order valence-corrected chi connectivity index (χ0v) is 15.7. The average Bonchev–Trinajstić information content (AvgIpc) is 2.63. The molecule has 0 aliphatic rings. The van der Waals surface area contributed by atoms with Gasteiger partial charge in [-0.2, -0.15) is 0 Å². The molecular formula is C21H23NO5. The minimum atomic E-state index is -0.653. The lowest BCUT2D eigenvalue weighted by atomic mass is 10.1. The van der Waals surface area contributed by atoms with Crippen LogP contribution in [0.4, 0.5) is 5.69 Å². The van der Waals surface area contributed by atoms with Crippen LogP contribution in [0.15, 0.2) is 42.5 Å². The molecule has 0 unspecified atom stereocenters. The van der Waals surface area contributed by atoms with E-state index in [4.69, 9.17) is 9.47 Å². The third kappa shape index (κ3) is 6.58. The molecule has 1 amide bonds. The standard InChI is InChI=1S/C21H23NO5/c1-4-19(23)16-5-7-18(8-6-16)26-13-21(25)27-12-20(24)22-17-10-14(2)9-15(3)11-17/h5-11H,4,12-13H2,1-3H3,(H,22,24). The van der Waals surface area contributed by atoms with Crippen molar-refractivity contribution in [2.24, 2.45) is 0 Å². The summed E-state index contributed by atoms with van der Waals surface area (Å²) < 4.78 is 10.2. The third-order valence-corrected chi connectivity index (χ3v) is 3.72. The number of carbonyl (C=O) groups excluding carboxylic acids is 3. The molecule has 0 aliphatic heterocycles. The summed E-state index contributed by atoms with van der Waals surface area (Å²) in [5.41, 5.74) is 3.31. The number of ketones is 1. The molecule has 6 nitrogen and oxygen atoms in total. The van der Waals surface area contributed by atoms with Crippen molar-refractivity contribution in [1.29, 1.82) is 0 Å². The third-order valence-electron chi connectivity index (χ3n) is 3.72. The van der Waals surface area contributed by atoms with E-state index in [2.05, 4.69) is 5.32 Å². The fourth-order valence-corrected chi connectivity index (χ4v) is 2.52. The maximum Gasteiger partial charge on any atom is 0.344 e. The van der Waals surface area contributed by atoms with Crippen molar-refractivity contribution in [3.05, 3.63) is 59.2 Å². The maximum absolute atomic E-state index is 11.9. The van der Waals surface area contributed by atoms with E-state index in [1.165, 1.54) is 0 Å². The highest BCUT2D eigenvalue weighted by Gasteiger charge is 2.10. The first-order valence-electron chi connectivity index (χ1n) is 8.67. The van der Waals surface area contributed by atoms with E-state index < -0.39 is 11.9 Å². The Balaban J connectivity index is 1.75. The number of ether oxygens (including phenoxy) is 2. The molecule has 6 heteroatoms. The van der Waals surface area contributed by atoms with Crippen LogP contribution in [0, 0.1) is 13.8 Å². The van der Waals surface area contributed by atoms with Crippen molar-refractivity contribution in [2.45, 2.75) is 27.2 Å². The number of Topliss-reactive ketones (excluding diaryl/α,β-unsaturated/α-hetero) is 1. The normalized spacial score (nSPS) is 10.2. The van der Waals surface area contributed by atoms with Gasteiger partial charge >= 0.3 is 5.97 Å². The fourth-order valence-electron chi connectivity index (χ4n) is 2.52. The summed E-state index contributed by atoms with van der Waals surface area (Å²) in [6, 6.07) is 12.2. The molecule has 0 bridgehead atoms. The van der Waals surface area contributed by atoms with Crippen LogP contribution >= 0.6 is 0 Å². The highest BCUT2D eigenvalue weighted by Crippen LogP contribution is 2.14. The average molecular weight is 369 g/mol. The van der Waals surface area contributed by atoms with E-state index in [9.17, 15) is 14.4 Å². The molecule has 2 rings (SSSR count). The van der Waals surface area contributed by atoms with Gasteiger partial charge in [0.05, 0.1) is 0 Å². The van der Waals surface area contributed by atoms with Gasteiger partial charge in [-0.05, 0) is 61.4 Å². The summed E-state index contributed by atoms with van der Waals surface area (Å²) in [5, 5.41) is 2.69. The molecule has 2 aromatic rings. The van der Waals surface area contributed by atoms with Crippen molar-refractivity contribution in [2.75, 3.05) is 18.5 Å². The van der Waals surface area contributed by atoms with Gasteiger partial charge in [-0.1, -0.05) is 13.0 Å². The molecule has 1 N–H and O–H groups in total. The van der Waals surface area contributed by atoms with E-state index in [1.54, 1.807) is 31.2 Å². The second-order valence-electron chi connectivity index (χ2n) is 6.18. The van der Waals surface area contributed by atoms with E-state index in [1.807, 2.05) is 32.0 Å². The molecule has 0 fully saturated rings. The zero-order valence-electron chi connectivity index (χ0n) is 15.7. The number of rotatable bonds is 8. The zero-order chi connectivity index (χ0) is 19.8. The van der Waals surface area contributed by atoms with Crippen molar-refractivity contribution < 1.29 is 23.9 Å². The van der Waals surface area contributed by atoms with Crippen molar-refractivity contribution in [1.82, 2.24) is 0 Å². The topological polar surface area (TPSA) is 81.7 Å². The summed E-state index contributed by atoms with van der Waals surface area (Å²) >= 11 is 0. The Morgan fingerprint density at radius 3 is 2.15 bits per heavy atom. The van der Waals surface area contributed by atoms with Gasteiger partial charge in [0.1, 0.15) is 5.75 Å².